The van der Waals surface area contributed by atoms with Gasteiger partial charge in [-0.25, -0.2) is 4.98 Å². The summed E-state index contributed by atoms with van der Waals surface area (Å²) in [6.07, 6.45) is 3.72. The normalized spacial score (nSPS) is 11.2. The van der Waals surface area contributed by atoms with E-state index in [0.29, 0.717) is 0 Å². The zero-order valence-corrected chi connectivity index (χ0v) is 10.7. The van der Waals surface area contributed by atoms with Gasteiger partial charge in [-0.3, -0.25) is 4.40 Å². The lowest BCUT2D eigenvalue weighted by molar-refractivity contribution is 0.275. The molecule has 2 aromatic heterocycles. The van der Waals surface area contributed by atoms with Crippen molar-refractivity contribution >= 4 is 16.3 Å². The highest BCUT2D eigenvalue weighted by Crippen LogP contribution is 2.19. The topological polar surface area (TPSA) is 37.5 Å². The van der Waals surface area contributed by atoms with Crippen molar-refractivity contribution < 1.29 is 5.11 Å². The molecule has 3 rings (SSSR count). The van der Waals surface area contributed by atoms with Gasteiger partial charge in [-0.15, -0.1) is 11.3 Å². The highest BCUT2D eigenvalue weighted by molar-refractivity contribution is 7.15. The minimum Gasteiger partial charge on any atom is -0.390 e. The fourth-order valence-electron chi connectivity index (χ4n) is 2.13. The van der Waals surface area contributed by atoms with E-state index in [1.807, 2.05) is 6.07 Å². The number of aliphatic hydroxyl groups is 1. The molecule has 1 aromatic carbocycles. The van der Waals surface area contributed by atoms with Gasteiger partial charge >= 0.3 is 0 Å². The summed E-state index contributed by atoms with van der Waals surface area (Å²) in [6.45, 7) is 0.0379. The van der Waals surface area contributed by atoms with E-state index in [0.717, 1.165) is 23.5 Å². The van der Waals surface area contributed by atoms with Crippen molar-refractivity contribution in [2.24, 2.45) is 0 Å². The molecule has 3 nitrogen and oxygen atoms in total. The molecule has 0 aliphatic heterocycles. The third kappa shape index (κ3) is 2.05. The van der Waals surface area contributed by atoms with Gasteiger partial charge in [-0.2, -0.15) is 0 Å². The first-order valence-corrected chi connectivity index (χ1v) is 6.84. The molecule has 0 bridgehead atoms. The van der Waals surface area contributed by atoms with Gasteiger partial charge in [0.25, 0.3) is 0 Å². The quantitative estimate of drug-likeness (QED) is 0.781. The molecule has 0 spiro atoms. The smallest absolute Gasteiger partial charge is 0.194 e. The number of hydrogen-bond acceptors (Lipinski definition) is 3. The highest BCUT2D eigenvalue weighted by atomic mass is 32.1. The Hall–Kier alpha value is -1.65. The minimum absolute atomic E-state index is 0.0379. The van der Waals surface area contributed by atoms with E-state index in [9.17, 15) is 5.11 Å². The van der Waals surface area contributed by atoms with Crippen LogP contribution in [0.1, 0.15) is 17.0 Å². The van der Waals surface area contributed by atoms with Gasteiger partial charge in [-0.05, 0) is 18.4 Å². The lowest BCUT2D eigenvalue weighted by Crippen LogP contribution is -1.99. The summed E-state index contributed by atoms with van der Waals surface area (Å²) in [6, 6.07) is 10.4. The summed E-state index contributed by atoms with van der Waals surface area (Å²) in [5, 5.41) is 11.4. The van der Waals surface area contributed by atoms with Crippen molar-refractivity contribution in [3.8, 4) is 0 Å². The minimum atomic E-state index is 0.0379. The molecule has 1 N–H and O–H groups in total. The van der Waals surface area contributed by atoms with E-state index in [2.05, 4.69) is 39.0 Å². The van der Waals surface area contributed by atoms with Gasteiger partial charge in [-0.1, -0.05) is 30.3 Å². The molecule has 0 saturated heterocycles. The fourth-order valence-corrected chi connectivity index (χ4v) is 3.05. The van der Waals surface area contributed by atoms with E-state index in [4.69, 9.17) is 0 Å². The zero-order valence-electron chi connectivity index (χ0n) is 9.91. The molecule has 0 saturated carbocycles. The molecular formula is C14H14N2OS. The number of benzene rings is 1. The Morgan fingerprint density at radius 3 is 2.72 bits per heavy atom. The molecule has 0 amide bonds. The number of thiazole rings is 1. The lowest BCUT2D eigenvalue weighted by atomic mass is 10.1. The number of aliphatic hydroxyl groups excluding tert-OH is 1. The Morgan fingerprint density at radius 2 is 1.94 bits per heavy atom. The number of aromatic nitrogens is 2. The highest BCUT2D eigenvalue weighted by Gasteiger charge is 2.09. The molecule has 0 unspecified atom stereocenters. The number of hydrogen-bond donors (Lipinski definition) is 1. The first kappa shape index (κ1) is 11.4. The van der Waals surface area contributed by atoms with Gasteiger partial charge in [0, 0.05) is 11.1 Å². The molecule has 0 atom stereocenters. The molecule has 2 heterocycles. The zero-order chi connectivity index (χ0) is 12.4. The SMILES string of the molecule is OCc1cnc2scc(CCc3ccccc3)n12. The fraction of sp³-hybridized carbons (Fsp3) is 0.214. The Morgan fingerprint density at radius 1 is 1.11 bits per heavy atom. The van der Waals surface area contributed by atoms with Crippen LogP contribution in [0.15, 0.2) is 41.9 Å². The predicted octanol–water partition coefficient (Wildman–Crippen LogP) is 2.67. The third-order valence-corrected chi connectivity index (χ3v) is 3.95. The van der Waals surface area contributed by atoms with Crippen molar-refractivity contribution in [1.29, 1.82) is 0 Å². The Kier molecular flexibility index (Phi) is 3.13. The summed E-state index contributed by atoms with van der Waals surface area (Å²) >= 11 is 1.63. The molecule has 4 heteroatoms. The van der Waals surface area contributed by atoms with Crippen LogP contribution in [0, 0.1) is 0 Å². The summed E-state index contributed by atoms with van der Waals surface area (Å²) in [5.74, 6) is 0. The third-order valence-electron chi connectivity index (χ3n) is 3.06. The molecule has 0 fully saturated rings. The van der Waals surface area contributed by atoms with Crippen molar-refractivity contribution in [2.75, 3.05) is 0 Å². The summed E-state index contributed by atoms with van der Waals surface area (Å²) in [7, 11) is 0. The number of fused-ring (bicyclic) bond motifs is 1. The second kappa shape index (κ2) is 4.92. The van der Waals surface area contributed by atoms with E-state index < -0.39 is 0 Å². The number of nitrogens with zero attached hydrogens (tertiary/aromatic N) is 2. The summed E-state index contributed by atoms with van der Waals surface area (Å²) in [5.41, 5.74) is 3.43. The van der Waals surface area contributed by atoms with E-state index in [1.54, 1.807) is 17.5 Å². The summed E-state index contributed by atoms with van der Waals surface area (Å²) in [4.78, 5) is 5.25. The lowest BCUT2D eigenvalue weighted by Gasteiger charge is -2.02. The van der Waals surface area contributed by atoms with Crippen molar-refractivity contribution in [2.45, 2.75) is 19.4 Å². The first-order chi connectivity index (χ1) is 8.88. The van der Waals surface area contributed by atoms with Gasteiger partial charge in [0.05, 0.1) is 18.5 Å². The van der Waals surface area contributed by atoms with Crippen molar-refractivity contribution in [3.05, 3.63) is 58.9 Å². The number of imidazole rings is 1. The molecule has 3 aromatic rings. The van der Waals surface area contributed by atoms with Crippen molar-refractivity contribution in [3.63, 3.8) is 0 Å². The molecule has 18 heavy (non-hydrogen) atoms. The standard InChI is InChI=1S/C14H14N2OS/c17-9-13-8-15-14-16(13)12(10-18-14)7-6-11-4-2-1-3-5-11/h1-5,8,10,17H,6-7,9H2. The van der Waals surface area contributed by atoms with E-state index >= 15 is 0 Å². The first-order valence-electron chi connectivity index (χ1n) is 5.96. The van der Waals surface area contributed by atoms with Gasteiger partial charge < -0.3 is 5.11 Å². The second-order valence-corrected chi connectivity index (χ2v) is 5.07. The van der Waals surface area contributed by atoms with Crippen LogP contribution in [0.25, 0.3) is 4.96 Å². The van der Waals surface area contributed by atoms with Crippen molar-refractivity contribution in [1.82, 2.24) is 9.38 Å². The van der Waals surface area contributed by atoms with Crippen LogP contribution in [-0.4, -0.2) is 14.5 Å². The van der Waals surface area contributed by atoms with Crippen LogP contribution < -0.4 is 0 Å². The average Bonchev–Trinajstić information content (AvgIpc) is 2.99. The Bertz CT molecular complexity index is 642. The predicted molar refractivity (Wildman–Crippen MR) is 72.8 cm³/mol. The summed E-state index contributed by atoms with van der Waals surface area (Å²) < 4.78 is 2.06. The largest absolute Gasteiger partial charge is 0.390 e. The van der Waals surface area contributed by atoms with Crippen LogP contribution in [0.2, 0.25) is 0 Å². The van der Waals surface area contributed by atoms with Gasteiger partial charge in [0.1, 0.15) is 0 Å². The molecule has 0 aliphatic rings. The average molecular weight is 258 g/mol. The van der Waals surface area contributed by atoms with Crippen LogP contribution in [-0.2, 0) is 19.4 Å². The monoisotopic (exact) mass is 258 g/mol. The van der Waals surface area contributed by atoms with Gasteiger partial charge in [0.15, 0.2) is 4.96 Å². The maximum atomic E-state index is 9.30. The molecular weight excluding hydrogens is 244 g/mol. The van der Waals surface area contributed by atoms with Crippen LogP contribution >= 0.6 is 11.3 Å². The second-order valence-electron chi connectivity index (χ2n) is 4.24. The maximum absolute atomic E-state index is 9.30. The Labute approximate surface area is 109 Å². The molecule has 0 radical (unpaired) electrons. The van der Waals surface area contributed by atoms with Gasteiger partial charge in [0.2, 0.25) is 0 Å². The Balaban J connectivity index is 1.84. The van der Waals surface area contributed by atoms with E-state index in [1.165, 1.54) is 11.3 Å². The maximum Gasteiger partial charge on any atom is 0.194 e. The number of aryl methyl sites for hydroxylation is 2. The number of rotatable bonds is 4. The van der Waals surface area contributed by atoms with E-state index in [-0.39, 0.29) is 6.61 Å². The van der Waals surface area contributed by atoms with Crippen LogP contribution in [0.3, 0.4) is 0 Å². The van der Waals surface area contributed by atoms with Crippen LogP contribution in [0.4, 0.5) is 0 Å². The molecule has 0 aliphatic carbocycles. The van der Waals surface area contributed by atoms with Crippen LogP contribution in [0.5, 0.6) is 0 Å². The molecule has 92 valence electrons.